The fourth-order valence-electron chi connectivity index (χ4n) is 3.42. The number of nitrogens with one attached hydrogen (secondary N) is 1. The van der Waals surface area contributed by atoms with Gasteiger partial charge in [-0.3, -0.25) is 0 Å². The Hall–Kier alpha value is -3.30. The standard InChI is InChI=1S/C22H21N5O3S/c1-14-9-15(18-12-24-20(31-18)22(28)5-2-6-22)11-17(10-14)25-21-23-7-3-19(26-21)29-13-16-4-8-30-27-16/h3-4,7-12,28H,2,5-6,13H2,1H3,(H,23,25,26). The molecule has 0 atom stereocenters. The number of benzene rings is 1. The predicted molar refractivity (Wildman–Crippen MR) is 116 cm³/mol. The summed E-state index contributed by atoms with van der Waals surface area (Å²) in [6.45, 7) is 2.30. The van der Waals surface area contributed by atoms with Crippen molar-refractivity contribution in [3.8, 4) is 16.3 Å². The average Bonchev–Trinajstić information content (AvgIpc) is 3.43. The van der Waals surface area contributed by atoms with Gasteiger partial charge in [0, 0.05) is 30.2 Å². The summed E-state index contributed by atoms with van der Waals surface area (Å²) in [5, 5.41) is 18.4. The van der Waals surface area contributed by atoms with Gasteiger partial charge in [-0.05, 0) is 49.4 Å². The number of aliphatic hydroxyl groups is 1. The Labute approximate surface area is 183 Å². The lowest BCUT2D eigenvalue weighted by molar-refractivity contribution is -0.0389. The van der Waals surface area contributed by atoms with Gasteiger partial charge in [0.05, 0.1) is 4.88 Å². The second kappa shape index (κ2) is 8.09. The molecule has 1 saturated carbocycles. The van der Waals surface area contributed by atoms with Crippen molar-refractivity contribution in [3.05, 3.63) is 65.3 Å². The minimum absolute atomic E-state index is 0.265. The quantitative estimate of drug-likeness (QED) is 0.434. The van der Waals surface area contributed by atoms with Crippen molar-refractivity contribution in [1.29, 1.82) is 0 Å². The fraction of sp³-hybridized carbons (Fsp3) is 0.273. The summed E-state index contributed by atoms with van der Waals surface area (Å²) in [6.07, 6.45) is 7.59. The Bertz CT molecular complexity index is 1190. The van der Waals surface area contributed by atoms with Crippen LogP contribution in [-0.2, 0) is 12.2 Å². The van der Waals surface area contributed by atoms with Crippen molar-refractivity contribution in [3.63, 3.8) is 0 Å². The second-order valence-corrected chi connectivity index (χ2v) is 8.66. The Balaban J connectivity index is 1.33. The van der Waals surface area contributed by atoms with Crippen molar-refractivity contribution in [2.24, 2.45) is 0 Å². The molecule has 4 aromatic rings. The normalized spacial score (nSPS) is 14.8. The highest BCUT2D eigenvalue weighted by molar-refractivity contribution is 7.15. The molecule has 5 rings (SSSR count). The zero-order valence-corrected chi connectivity index (χ0v) is 17.7. The Morgan fingerprint density at radius 1 is 1.23 bits per heavy atom. The summed E-state index contributed by atoms with van der Waals surface area (Å²) >= 11 is 1.55. The summed E-state index contributed by atoms with van der Waals surface area (Å²) in [7, 11) is 0. The first-order chi connectivity index (χ1) is 15.1. The lowest BCUT2D eigenvalue weighted by Gasteiger charge is -2.34. The highest BCUT2D eigenvalue weighted by Gasteiger charge is 2.39. The van der Waals surface area contributed by atoms with Gasteiger partial charge in [-0.1, -0.05) is 11.2 Å². The lowest BCUT2D eigenvalue weighted by Crippen LogP contribution is -2.33. The SMILES string of the molecule is Cc1cc(Nc2nccc(OCc3ccon3)n2)cc(-c2cnc(C3(O)CCC3)s2)c1. The maximum absolute atomic E-state index is 10.6. The molecule has 158 valence electrons. The smallest absolute Gasteiger partial charge is 0.230 e. The van der Waals surface area contributed by atoms with Crippen LogP contribution in [0.3, 0.4) is 0 Å². The molecule has 1 aliphatic rings. The van der Waals surface area contributed by atoms with E-state index in [2.05, 4.69) is 31.5 Å². The highest BCUT2D eigenvalue weighted by atomic mass is 32.1. The van der Waals surface area contributed by atoms with Gasteiger partial charge in [-0.25, -0.2) is 9.97 Å². The van der Waals surface area contributed by atoms with Gasteiger partial charge in [0.25, 0.3) is 0 Å². The van der Waals surface area contributed by atoms with Crippen LogP contribution in [0.2, 0.25) is 0 Å². The molecule has 0 bridgehead atoms. The minimum atomic E-state index is -0.742. The van der Waals surface area contributed by atoms with E-state index < -0.39 is 5.60 Å². The van der Waals surface area contributed by atoms with Crippen molar-refractivity contribution in [2.45, 2.75) is 38.4 Å². The maximum Gasteiger partial charge on any atom is 0.230 e. The summed E-state index contributed by atoms with van der Waals surface area (Å²) in [4.78, 5) is 14.2. The van der Waals surface area contributed by atoms with Gasteiger partial charge < -0.3 is 19.7 Å². The third-order valence-corrected chi connectivity index (χ3v) is 6.43. The molecule has 1 aromatic carbocycles. The van der Waals surface area contributed by atoms with Crippen LogP contribution in [-0.4, -0.2) is 25.2 Å². The summed E-state index contributed by atoms with van der Waals surface area (Å²) < 4.78 is 10.5. The molecular formula is C22H21N5O3S. The summed E-state index contributed by atoms with van der Waals surface area (Å²) in [6, 6.07) is 9.59. The zero-order valence-electron chi connectivity index (χ0n) is 16.9. The molecule has 0 spiro atoms. The third-order valence-electron chi connectivity index (χ3n) is 5.19. The van der Waals surface area contributed by atoms with Gasteiger partial charge in [0.15, 0.2) is 0 Å². The molecule has 2 N–H and O–H groups in total. The van der Waals surface area contributed by atoms with Crippen LogP contribution in [0.1, 0.15) is 35.5 Å². The number of hydrogen-bond donors (Lipinski definition) is 2. The molecule has 31 heavy (non-hydrogen) atoms. The van der Waals surface area contributed by atoms with E-state index in [1.807, 2.05) is 25.3 Å². The summed E-state index contributed by atoms with van der Waals surface area (Å²) in [5.41, 5.74) is 2.94. The first-order valence-corrected chi connectivity index (χ1v) is 10.8. The third kappa shape index (κ3) is 4.28. The molecule has 9 heteroatoms. The van der Waals surface area contributed by atoms with Crippen molar-refractivity contribution in [1.82, 2.24) is 20.1 Å². The number of thiazole rings is 1. The van der Waals surface area contributed by atoms with Gasteiger partial charge in [-0.15, -0.1) is 11.3 Å². The Morgan fingerprint density at radius 2 is 2.13 bits per heavy atom. The van der Waals surface area contributed by atoms with E-state index in [0.717, 1.165) is 46.0 Å². The number of rotatable bonds is 7. The molecule has 3 aromatic heterocycles. The van der Waals surface area contributed by atoms with Gasteiger partial charge in [0.2, 0.25) is 11.8 Å². The van der Waals surface area contributed by atoms with E-state index in [4.69, 9.17) is 9.26 Å². The van der Waals surface area contributed by atoms with Gasteiger partial charge >= 0.3 is 0 Å². The van der Waals surface area contributed by atoms with Crippen LogP contribution in [0, 0.1) is 6.92 Å². The van der Waals surface area contributed by atoms with Crippen LogP contribution >= 0.6 is 11.3 Å². The largest absolute Gasteiger partial charge is 0.471 e. The summed E-state index contributed by atoms with van der Waals surface area (Å²) in [5.74, 6) is 0.872. The molecule has 1 fully saturated rings. The molecule has 8 nitrogen and oxygen atoms in total. The lowest BCUT2D eigenvalue weighted by atomic mass is 9.81. The highest BCUT2D eigenvalue weighted by Crippen LogP contribution is 2.44. The number of aromatic nitrogens is 4. The van der Waals surface area contributed by atoms with Crippen LogP contribution in [0.25, 0.3) is 10.4 Å². The van der Waals surface area contributed by atoms with Crippen LogP contribution in [0.4, 0.5) is 11.6 Å². The fourth-order valence-corrected chi connectivity index (χ4v) is 4.47. The molecule has 0 saturated heterocycles. The number of hydrogen-bond acceptors (Lipinski definition) is 9. The monoisotopic (exact) mass is 435 g/mol. The molecule has 0 unspecified atom stereocenters. The number of aryl methyl sites for hydroxylation is 1. The predicted octanol–water partition coefficient (Wildman–Crippen LogP) is 4.59. The van der Waals surface area contributed by atoms with Gasteiger partial charge in [0.1, 0.15) is 29.2 Å². The molecule has 0 radical (unpaired) electrons. The first kappa shape index (κ1) is 19.7. The molecule has 0 aliphatic heterocycles. The van der Waals surface area contributed by atoms with E-state index in [-0.39, 0.29) is 6.61 Å². The molecule has 0 amide bonds. The van der Waals surface area contributed by atoms with E-state index >= 15 is 0 Å². The number of nitrogens with zero attached hydrogens (tertiary/aromatic N) is 4. The van der Waals surface area contributed by atoms with Crippen LogP contribution in [0.5, 0.6) is 5.88 Å². The Kier molecular flexibility index (Phi) is 5.13. The van der Waals surface area contributed by atoms with Crippen molar-refractivity contribution >= 4 is 23.0 Å². The minimum Gasteiger partial charge on any atom is -0.471 e. The van der Waals surface area contributed by atoms with E-state index in [1.165, 1.54) is 6.26 Å². The molecule has 1 aliphatic carbocycles. The Morgan fingerprint density at radius 3 is 2.90 bits per heavy atom. The topological polar surface area (TPSA) is 106 Å². The number of anilines is 2. The van der Waals surface area contributed by atoms with E-state index in [9.17, 15) is 5.11 Å². The van der Waals surface area contributed by atoms with Crippen LogP contribution < -0.4 is 10.1 Å². The van der Waals surface area contributed by atoms with Gasteiger partial charge in [-0.2, -0.15) is 4.98 Å². The average molecular weight is 436 g/mol. The molecule has 3 heterocycles. The molecular weight excluding hydrogens is 414 g/mol. The second-order valence-electron chi connectivity index (χ2n) is 7.63. The zero-order chi connectivity index (χ0) is 21.3. The van der Waals surface area contributed by atoms with Crippen molar-refractivity contribution in [2.75, 3.05) is 5.32 Å². The first-order valence-electron chi connectivity index (χ1n) is 10.0. The number of ether oxygens (including phenoxy) is 1. The van der Waals surface area contributed by atoms with E-state index in [1.54, 1.807) is 29.7 Å². The van der Waals surface area contributed by atoms with Crippen LogP contribution in [0.15, 0.2) is 53.5 Å². The maximum atomic E-state index is 10.6. The van der Waals surface area contributed by atoms with E-state index in [0.29, 0.717) is 17.5 Å². The van der Waals surface area contributed by atoms with Crippen molar-refractivity contribution < 1.29 is 14.4 Å².